The van der Waals surface area contributed by atoms with Gasteiger partial charge in [-0.05, 0) is 26.0 Å². The second-order valence-electron chi connectivity index (χ2n) is 4.07. The molecule has 0 fully saturated rings. The maximum absolute atomic E-state index is 11.9. The van der Waals surface area contributed by atoms with Gasteiger partial charge in [-0.25, -0.2) is 9.78 Å². The minimum atomic E-state index is -0.515. The molecule has 0 bridgehead atoms. The first kappa shape index (κ1) is 14.2. The number of para-hydroxylation sites is 1. The fourth-order valence-corrected chi connectivity index (χ4v) is 2.48. The number of rotatable bonds is 4. The number of fused-ring (bicyclic) bond motifs is 1. The van der Waals surface area contributed by atoms with Gasteiger partial charge in [0.1, 0.15) is 11.9 Å². The molecule has 0 aliphatic carbocycles. The standard InChI is InChI=1S/C13H14Cl2N2O2/c1-3-19-13(18)8(2)17-11(7-14)16-10-6-4-5-9(15)12(10)17/h4-6,8H,3,7H2,1-2H3. The predicted octanol–water partition coefficient (Wildman–Crippen LogP) is 3.55. The normalized spacial score (nSPS) is 12.6. The topological polar surface area (TPSA) is 44.1 Å². The highest BCUT2D eigenvalue weighted by Crippen LogP contribution is 2.28. The highest BCUT2D eigenvalue weighted by molar-refractivity contribution is 6.35. The van der Waals surface area contributed by atoms with Gasteiger partial charge in [-0.1, -0.05) is 17.7 Å². The van der Waals surface area contributed by atoms with Crippen LogP contribution in [0.2, 0.25) is 5.02 Å². The molecule has 0 N–H and O–H groups in total. The third-order valence-corrected chi connectivity index (χ3v) is 3.41. The summed E-state index contributed by atoms with van der Waals surface area (Å²) >= 11 is 12.1. The summed E-state index contributed by atoms with van der Waals surface area (Å²) in [5.41, 5.74) is 1.43. The van der Waals surface area contributed by atoms with Crippen molar-refractivity contribution >= 4 is 40.2 Å². The van der Waals surface area contributed by atoms with E-state index in [1.807, 2.05) is 12.1 Å². The number of alkyl halides is 1. The molecule has 6 heteroatoms. The second-order valence-corrected chi connectivity index (χ2v) is 4.74. The van der Waals surface area contributed by atoms with E-state index in [4.69, 9.17) is 27.9 Å². The number of esters is 1. The molecule has 2 rings (SSSR count). The van der Waals surface area contributed by atoms with Crippen LogP contribution < -0.4 is 0 Å². The smallest absolute Gasteiger partial charge is 0.328 e. The lowest BCUT2D eigenvalue weighted by atomic mass is 10.2. The lowest BCUT2D eigenvalue weighted by Gasteiger charge is -2.15. The molecule has 19 heavy (non-hydrogen) atoms. The Bertz CT molecular complexity index is 610. The maximum atomic E-state index is 11.9. The summed E-state index contributed by atoms with van der Waals surface area (Å²) in [7, 11) is 0. The average Bonchev–Trinajstić information content (AvgIpc) is 2.78. The van der Waals surface area contributed by atoms with E-state index >= 15 is 0 Å². The highest BCUT2D eigenvalue weighted by atomic mass is 35.5. The number of halogens is 2. The number of aromatic nitrogens is 2. The summed E-state index contributed by atoms with van der Waals surface area (Å²) in [6.45, 7) is 3.85. The van der Waals surface area contributed by atoms with E-state index < -0.39 is 6.04 Å². The number of benzene rings is 1. The van der Waals surface area contributed by atoms with E-state index in [-0.39, 0.29) is 11.8 Å². The number of hydrogen-bond acceptors (Lipinski definition) is 3. The molecule has 0 spiro atoms. The number of carbonyl (C=O) groups is 1. The third-order valence-electron chi connectivity index (χ3n) is 2.87. The van der Waals surface area contributed by atoms with Gasteiger partial charge in [0.15, 0.2) is 0 Å². The zero-order valence-electron chi connectivity index (χ0n) is 10.7. The van der Waals surface area contributed by atoms with Crippen LogP contribution in [0.1, 0.15) is 25.7 Å². The van der Waals surface area contributed by atoms with Gasteiger partial charge in [0.05, 0.1) is 28.5 Å². The van der Waals surface area contributed by atoms with Gasteiger partial charge in [0, 0.05) is 0 Å². The number of hydrogen-bond donors (Lipinski definition) is 0. The summed E-state index contributed by atoms with van der Waals surface area (Å²) in [5.74, 6) is 0.479. The summed E-state index contributed by atoms with van der Waals surface area (Å²) in [5, 5.41) is 0.539. The van der Waals surface area contributed by atoms with Gasteiger partial charge in [-0.3, -0.25) is 0 Å². The molecule has 0 aliphatic heterocycles. The SMILES string of the molecule is CCOC(=O)C(C)n1c(CCl)nc2cccc(Cl)c21. The molecule has 0 radical (unpaired) electrons. The Morgan fingerprint density at radius 1 is 1.53 bits per heavy atom. The zero-order chi connectivity index (χ0) is 14.0. The number of nitrogens with zero attached hydrogens (tertiary/aromatic N) is 2. The van der Waals surface area contributed by atoms with Gasteiger partial charge < -0.3 is 9.30 Å². The molecular weight excluding hydrogens is 287 g/mol. The van der Waals surface area contributed by atoms with Crippen molar-refractivity contribution < 1.29 is 9.53 Å². The largest absolute Gasteiger partial charge is 0.464 e. The molecule has 1 heterocycles. The zero-order valence-corrected chi connectivity index (χ0v) is 12.2. The van der Waals surface area contributed by atoms with E-state index in [0.717, 1.165) is 5.52 Å². The van der Waals surface area contributed by atoms with E-state index in [2.05, 4.69) is 4.98 Å². The second kappa shape index (κ2) is 5.80. The van der Waals surface area contributed by atoms with Crippen LogP contribution in [0.4, 0.5) is 0 Å². The van der Waals surface area contributed by atoms with Gasteiger partial charge in [0.25, 0.3) is 0 Å². The molecule has 0 aliphatic rings. The predicted molar refractivity (Wildman–Crippen MR) is 75.6 cm³/mol. The first-order valence-electron chi connectivity index (χ1n) is 5.98. The van der Waals surface area contributed by atoms with Crippen molar-refractivity contribution in [3.63, 3.8) is 0 Å². The summed E-state index contributed by atoms with van der Waals surface area (Å²) < 4.78 is 6.78. The maximum Gasteiger partial charge on any atom is 0.328 e. The Kier molecular flexibility index (Phi) is 4.32. The van der Waals surface area contributed by atoms with E-state index in [1.165, 1.54) is 0 Å². The Labute approximate surface area is 121 Å². The molecule has 1 aromatic heterocycles. The van der Waals surface area contributed by atoms with Crippen molar-refractivity contribution in [3.8, 4) is 0 Å². The highest BCUT2D eigenvalue weighted by Gasteiger charge is 2.23. The molecule has 1 unspecified atom stereocenters. The Morgan fingerprint density at radius 3 is 2.89 bits per heavy atom. The van der Waals surface area contributed by atoms with Gasteiger partial charge in [0.2, 0.25) is 0 Å². The van der Waals surface area contributed by atoms with Crippen LogP contribution in [-0.4, -0.2) is 22.1 Å². The van der Waals surface area contributed by atoms with Crippen LogP contribution in [0, 0.1) is 0 Å². The molecule has 0 saturated carbocycles. The molecule has 0 saturated heterocycles. The van der Waals surface area contributed by atoms with Crippen LogP contribution in [0.3, 0.4) is 0 Å². The molecule has 0 amide bonds. The lowest BCUT2D eigenvalue weighted by Crippen LogP contribution is -2.20. The van der Waals surface area contributed by atoms with E-state index in [1.54, 1.807) is 24.5 Å². The molecule has 102 valence electrons. The molecule has 1 aromatic carbocycles. The van der Waals surface area contributed by atoms with Crippen LogP contribution in [-0.2, 0) is 15.4 Å². The van der Waals surface area contributed by atoms with E-state index in [0.29, 0.717) is 23.0 Å². The van der Waals surface area contributed by atoms with Crippen molar-refractivity contribution in [3.05, 3.63) is 29.0 Å². The summed E-state index contributed by atoms with van der Waals surface area (Å²) in [4.78, 5) is 16.3. The first-order chi connectivity index (χ1) is 9.10. The van der Waals surface area contributed by atoms with Crippen molar-refractivity contribution in [2.45, 2.75) is 25.8 Å². The number of carbonyl (C=O) groups excluding carboxylic acids is 1. The summed E-state index contributed by atoms with van der Waals surface area (Å²) in [6, 6.07) is 4.90. The van der Waals surface area contributed by atoms with Gasteiger partial charge in [-0.15, -0.1) is 11.6 Å². The van der Waals surface area contributed by atoms with Gasteiger partial charge >= 0.3 is 5.97 Å². The summed E-state index contributed by atoms with van der Waals surface area (Å²) in [6.07, 6.45) is 0. The minimum absolute atomic E-state index is 0.203. The number of imidazole rings is 1. The van der Waals surface area contributed by atoms with Gasteiger partial charge in [-0.2, -0.15) is 0 Å². The Balaban J connectivity index is 2.60. The monoisotopic (exact) mass is 300 g/mol. The fourth-order valence-electron chi connectivity index (χ4n) is 2.03. The van der Waals surface area contributed by atoms with Crippen molar-refractivity contribution in [2.75, 3.05) is 6.61 Å². The first-order valence-corrected chi connectivity index (χ1v) is 6.89. The number of ether oxygens (including phenoxy) is 1. The fraction of sp³-hybridized carbons (Fsp3) is 0.385. The van der Waals surface area contributed by atoms with E-state index in [9.17, 15) is 4.79 Å². The lowest BCUT2D eigenvalue weighted by molar-refractivity contribution is -0.146. The van der Waals surface area contributed by atoms with Crippen molar-refractivity contribution in [2.24, 2.45) is 0 Å². The molecular formula is C13H14Cl2N2O2. The molecule has 2 aromatic rings. The van der Waals surface area contributed by atoms with Crippen molar-refractivity contribution in [1.82, 2.24) is 9.55 Å². The van der Waals surface area contributed by atoms with Crippen molar-refractivity contribution in [1.29, 1.82) is 0 Å². The van der Waals surface area contributed by atoms with Crippen LogP contribution in [0.25, 0.3) is 11.0 Å². The minimum Gasteiger partial charge on any atom is -0.464 e. The van der Waals surface area contributed by atoms with Crippen LogP contribution >= 0.6 is 23.2 Å². The van der Waals surface area contributed by atoms with Crippen LogP contribution in [0.15, 0.2) is 18.2 Å². The Hall–Kier alpha value is -1.26. The van der Waals surface area contributed by atoms with Crippen LogP contribution in [0.5, 0.6) is 0 Å². The molecule has 1 atom stereocenters. The quantitative estimate of drug-likeness (QED) is 0.640. The average molecular weight is 301 g/mol. The third kappa shape index (κ3) is 2.55. The molecule has 4 nitrogen and oxygen atoms in total. The Morgan fingerprint density at radius 2 is 2.26 bits per heavy atom.